The predicted octanol–water partition coefficient (Wildman–Crippen LogP) is 2.79. The maximum absolute atomic E-state index is 13.7. The van der Waals surface area contributed by atoms with Crippen LogP contribution in [0.1, 0.15) is 26.3 Å². The van der Waals surface area contributed by atoms with Gasteiger partial charge in [0.15, 0.2) is 0 Å². The molecule has 0 aliphatic heterocycles. The molecule has 0 heterocycles. The highest BCUT2D eigenvalue weighted by atomic mass is 19.1. The molecule has 0 saturated heterocycles. The number of aromatic carboxylic acids is 1. The van der Waals surface area contributed by atoms with Crippen molar-refractivity contribution in [3.8, 4) is 5.75 Å². The van der Waals surface area contributed by atoms with Crippen LogP contribution in [-0.4, -0.2) is 22.1 Å². The minimum atomic E-state index is -1.25. The molecule has 6 heteroatoms. The van der Waals surface area contributed by atoms with Crippen LogP contribution < -0.4 is 5.32 Å². The van der Waals surface area contributed by atoms with Gasteiger partial charge >= 0.3 is 5.97 Å². The van der Waals surface area contributed by atoms with E-state index in [2.05, 4.69) is 5.32 Å². The van der Waals surface area contributed by atoms with Crippen molar-refractivity contribution in [2.45, 2.75) is 6.92 Å². The lowest BCUT2D eigenvalue weighted by atomic mass is 10.1. The average molecular weight is 289 g/mol. The van der Waals surface area contributed by atoms with Crippen LogP contribution in [0, 0.1) is 12.7 Å². The second-order valence-corrected chi connectivity index (χ2v) is 4.45. The molecule has 0 saturated carbocycles. The molecule has 0 radical (unpaired) electrons. The van der Waals surface area contributed by atoms with Gasteiger partial charge in [0, 0.05) is 5.56 Å². The summed E-state index contributed by atoms with van der Waals surface area (Å²) in [7, 11) is 0. The molecule has 21 heavy (non-hydrogen) atoms. The maximum Gasteiger partial charge on any atom is 0.335 e. The maximum atomic E-state index is 13.7. The van der Waals surface area contributed by atoms with E-state index in [1.54, 1.807) is 6.92 Å². The number of phenols is 1. The zero-order valence-corrected chi connectivity index (χ0v) is 11.1. The first kappa shape index (κ1) is 14.5. The highest BCUT2D eigenvalue weighted by molar-refractivity contribution is 6.05. The van der Waals surface area contributed by atoms with Crippen LogP contribution >= 0.6 is 0 Å². The Morgan fingerprint density at radius 3 is 2.43 bits per heavy atom. The van der Waals surface area contributed by atoms with Crippen LogP contribution in [0.2, 0.25) is 0 Å². The number of carbonyl (C=O) groups is 2. The Balaban J connectivity index is 2.25. The topological polar surface area (TPSA) is 86.6 Å². The number of aromatic hydroxyl groups is 1. The van der Waals surface area contributed by atoms with E-state index in [9.17, 15) is 19.1 Å². The number of phenolic OH excluding ortho intramolecular Hbond substituents is 1. The number of carbonyl (C=O) groups excluding carboxylic acids is 1. The standard InChI is InChI=1S/C15H12FNO4/c1-8-6-10(18)3-4-11(8)14(19)17-13-5-2-9(15(20)21)7-12(13)16/h2-7,18H,1H3,(H,17,19)(H,20,21). The summed E-state index contributed by atoms with van der Waals surface area (Å²) in [5, 5.41) is 20.4. The Labute approximate surface area is 119 Å². The van der Waals surface area contributed by atoms with Gasteiger partial charge in [-0.05, 0) is 48.9 Å². The van der Waals surface area contributed by atoms with Gasteiger partial charge in [0.2, 0.25) is 0 Å². The third-order valence-corrected chi connectivity index (χ3v) is 2.92. The van der Waals surface area contributed by atoms with Gasteiger partial charge in [0.1, 0.15) is 11.6 Å². The summed E-state index contributed by atoms with van der Waals surface area (Å²) in [4.78, 5) is 22.7. The first-order chi connectivity index (χ1) is 9.88. The van der Waals surface area contributed by atoms with Crippen molar-refractivity contribution >= 4 is 17.6 Å². The number of carboxylic acids is 1. The molecule has 2 aromatic carbocycles. The Hall–Kier alpha value is -2.89. The van der Waals surface area contributed by atoms with E-state index in [1.807, 2.05) is 0 Å². The molecule has 108 valence electrons. The van der Waals surface area contributed by atoms with Crippen molar-refractivity contribution in [2.24, 2.45) is 0 Å². The molecule has 1 amide bonds. The van der Waals surface area contributed by atoms with Gasteiger partial charge in [0.05, 0.1) is 11.3 Å². The summed E-state index contributed by atoms with van der Waals surface area (Å²) < 4.78 is 13.7. The van der Waals surface area contributed by atoms with Crippen molar-refractivity contribution in [3.05, 3.63) is 58.9 Å². The van der Waals surface area contributed by atoms with Crippen LogP contribution in [-0.2, 0) is 0 Å². The number of hydrogen-bond donors (Lipinski definition) is 3. The zero-order valence-electron chi connectivity index (χ0n) is 11.1. The molecule has 2 aromatic rings. The third-order valence-electron chi connectivity index (χ3n) is 2.92. The highest BCUT2D eigenvalue weighted by Crippen LogP contribution is 2.20. The van der Waals surface area contributed by atoms with Gasteiger partial charge in [-0.3, -0.25) is 4.79 Å². The van der Waals surface area contributed by atoms with E-state index >= 15 is 0 Å². The van der Waals surface area contributed by atoms with Gasteiger partial charge in [0.25, 0.3) is 5.91 Å². The number of hydrogen-bond acceptors (Lipinski definition) is 3. The fourth-order valence-electron chi connectivity index (χ4n) is 1.84. The minimum absolute atomic E-state index is 0.0287. The molecule has 5 nitrogen and oxygen atoms in total. The normalized spacial score (nSPS) is 10.2. The lowest BCUT2D eigenvalue weighted by Crippen LogP contribution is -2.14. The van der Waals surface area contributed by atoms with Crippen molar-refractivity contribution in [1.29, 1.82) is 0 Å². The summed E-state index contributed by atoms with van der Waals surface area (Å²) in [6, 6.07) is 7.41. The van der Waals surface area contributed by atoms with Gasteiger partial charge in [-0.15, -0.1) is 0 Å². The summed E-state index contributed by atoms with van der Waals surface area (Å²) >= 11 is 0. The number of anilines is 1. The number of amides is 1. The second kappa shape index (κ2) is 5.62. The molecule has 0 aromatic heterocycles. The van der Waals surface area contributed by atoms with Crippen molar-refractivity contribution < 1.29 is 24.2 Å². The predicted molar refractivity (Wildman–Crippen MR) is 74.2 cm³/mol. The van der Waals surface area contributed by atoms with Gasteiger partial charge in [-0.1, -0.05) is 0 Å². The van der Waals surface area contributed by atoms with Crippen LogP contribution in [0.4, 0.5) is 10.1 Å². The van der Waals surface area contributed by atoms with Gasteiger partial charge in [-0.2, -0.15) is 0 Å². The Kier molecular flexibility index (Phi) is 3.89. The molecule has 0 bridgehead atoms. The number of carboxylic acid groups (broad SMARTS) is 1. The molecule has 2 rings (SSSR count). The van der Waals surface area contributed by atoms with Crippen LogP contribution in [0.5, 0.6) is 5.75 Å². The molecular weight excluding hydrogens is 277 g/mol. The quantitative estimate of drug-likeness (QED) is 0.811. The first-order valence-electron chi connectivity index (χ1n) is 6.02. The Morgan fingerprint density at radius 2 is 1.86 bits per heavy atom. The average Bonchev–Trinajstić information content (AvgIpc) is 2.40. The van der Waals surface area contributed by atoms with Crippen molar-refractivity contribution in [1.82, 2.24) is 0 Å². The lowest BCUT2D eigenvalue weighted by molar-refractivity contribution is 0.0696. The fraction of sp³-hybridized carbons (Fsp3) is 0.0667. The van der Waals surface area contributed by atoms with Crippen LogP contribution in [0.25, 0.3) is 0 Å². The fourth-order valence-corrected chi connectivity index (χ4v) is 1.84. The van der Waals surface area contributed by atoms with E-state index in [1.165, 1.54) is 30.3 Å². The van der Waals surface area contributed by atoms with Crippen LogP contribution in [0.3, 0.4) is 0 Å². The molecule has 0 aliphatic rings. The van der Waals surface area contributed by atoms with Crippen molar-refractivity contribution in [2.75, 3.05) is 5.32 Å². The van der Waals surface area contributed by atoms with Gasteiger partial charge in [-0.25, -0.2) is 9.18 Å². The molecule has 3 N–H and O–H groups in total. The number of nitrogens with one attached hydrogen (secondary N) is 1. The monoisotopic (exact) mass is 289 g/mol. The van der Waals surface area contributed by atoms with E-state index < -0.39 is 17.7 Å². The zero-order chi connectivity index (χ0) is 15.6. The minimum Gasteiger partial charge on any atom is -0.508 e. The molecule has 0 aliphatic carbocycles. The summed E-state index contributed by atoms with van der Waals surface area (Å²) in [5.41, 5.74) is 0.508. The van der Waals surface area contributed by atoms with Crippen LogP contribution in [0.15, 0.2) is 36.4 Å². The largest absolute Gasteiger partial charge is 0.508 e. The third kappa shape index (κ3) is 3.17. The summed E-state index contributed by atoms with van der Waals surface area (Å²) in [6.45, 7) is 1.64. The smallest absolute Gasteiger partial charge is 0.335 e. The highest BCUT2D eigenvalue weighted by Gasteiger charge is 2.13. The van der Waals surface area contributed by atoms with Gasteiger partial charge < -0.3 is 15.5 Å². The van der Waals surface area contributed by atoms with E-state index in [4.69, 9.17) is 5.11 Å². The van der Waals surface area contributed by atoms with E-state index in [0.29, 0.717) is 5.56 Å². The second-order valence-electron chi connectivity index (χ2n) is 4.45. The van der Waals surface area contributed by atoms with E-state index in [0.717, 1.165) is 6.07 Å². The number of benzene rings is 2. The summed E-state index contributed by atoms with van der Waals surface area (Å²) in [5.74, 6) is -2.60. The Morgan fingerprint density at radius 1 is 1.14 bits per heavy atom. The molecule has 0 fully saturated rings. The molecule has 0 atom stereocenters. The first-order valence-corrected chi connectivity index (χ1v) is 6.02. The number of halogens is 1. The lowest BCUT2D eigenvalue weighted by Gasteiger charge is -2.09. The van der Waals surface area contributed by atoms with E-state index in [-0.39, 0.29) is 22.6 Å². The molecule has 0 unspecified atom stereocenters. The number of rotatable bonds is 3. The molecule has 0 spiro atoms. The Bertz CT molecular complexity index is 728. The molecular formula is C15H12FNO4. The summed E-state index contributed by atoms with van der Waals surface area (Å²) in [6.07, 6.45) is 0. The SMILES string of the molecule is Cc1cc(O)ccc1C(=O)Nc1ccc(C(=O)O)cc1F. The van der Waals surface area contributed by atoms with Crippen molar-refractivity contribution in [3.63, 3.8) is 0 Å². The number of aryl methyl sites for hydroxylation is 1.